The van der Waals surface area contributed by atoms with Crippen molar-refractivity contribution >= 4 is 17.7 Å². The Morgan fingerprint density at radius 3 is 2.04 bits per heavy atom. The highest BCUT2D eigenvalue weighted by atomic mass is 16.5. The maximum Gasteiger partial charge on any atom is 0.274 e. The predicted octanol–water partition coefficient (Wildman–Crippen LogP) is 2.80. The van der Waals surface area contributed by atoms with E-state index in [1.165, 1.54) is 0 Å². The van der Waals surface area contributed by atoms with Gasteiger partial charge in [-0.25, -0.2) is 10.0 Å². The van der Waals surface area contributed by atoms with Crippen LogP contribution in [0.25, 0.3) is 0 Å². The van der Waals surface area contributed by atoms with E-state index in [2.05, 4.69) is 19.2 Å². The fourth-order valence-electron chi connectivity index (χ4n) is 6.97. The van der Waals surface area contributed by atoms with Crippen LogP contribution in [0.1, 0.15) is 77.6 Å². The van der Waals surface area contributed by atoms with Crippen molar-refractivity contribution in [2.75, 3.05) is 99.2 Å². The number of amides is 3. The van der Waals surface area contributed by atoms with E-state index in [-0.39, 0.29) is 48.5 Å². The second kappa shape index (κ2) is 24.6. The van der Waals surface area contributed by atoms with Gasteiger partial charge in [0.1, 0.15) is 11.5 Å². The van der Waals surface area contributed by atoms with Crippen LogP contribution in [-0.2, 0) is 23.8 Å². The van der Waals surface area contributed by atoms with Crippen molar-refractivity contribution in [1.82, 2.24) is 25.4 Å². The lowest BCUT2D eigenvalue weighted by molar-refractivity contribution is -0.163. The second-order valence-electron chi connectivity index (χ2n) is 15.1. The number of morpholine rings is 2. The van der Waals surface area contributed by atoms with Gasteiger partial charge in [0.2, 0.25) is 5.91 Å². The summed E-state index contributed by atoms with van der Waals surface area (Å²) in [5, 5.41) is 21.9. The highest BCUT2D eigenvalue weighted by Crippen LogP contribution is 2.28. The van der Waals surface area contributed by atoms with Crippen molar-refractivity contribution in [2.24, 2.45) is 29.4 Å². The molecule has 4 unspecified atom stereocenters. The third-order valence-corrected chi connectivity index (χ3v) is 10.5. The highest BCUT2D eigenvalue weighted by Gasteiger charge is 2.34. The smallest absolute Gasteiger partial charge is 0.274 e. The number of methoxy groups -OCH3 is 1. The number of nitrogens with one attached hydrogen (secondary N) is 1. The Morgan fingerprint density at radius 2 is 1.47 bits per heavy atom. The lowest BCUT2D eigenvalue weighted by atomic mass is 9.83. The first-order valence-corrected chi connectivity index (χ1v) is 20.3. The Kier molecular flexibility index (Phi) is 20.7. The molecule has 2 aliphatic heterocycles. The molecule has 0 saturated carbocycles. The maximum absolute atomic E-state index is 13.7. The number of rotatable bonds is 24. The van der Waals surface area contributed by atoms with E-state index in [1.54, 1.807) is 35.3 Å². The topological polar surface area (TPSA) is 169 Å². The number of carbonyl (C=O) groups is 3. The quantitative estimate of drug-likeness (QED) is 0.132. The summed E-state index contributed by atoms with van der Waals surface area (Å²) in [6.45, 7) is 19.1. The number of nitrogens with two attached hydrogens (primary N) is 1. The molecule has 2 heterocycles. The minimum Gasteiger partial charge on any atom is -0.493 e. The van der Waals surface area contributed by atoms with E-state index in [0.29, 0.717) is 109 Å². The zero-order valence-electron chi connectivity index (χ0n) is 34.5. The number of carbonyl (C=O) groups excluding carboxylic acids is 3. The van der Waals surface area contributed by atoms with Gasteiger partial charge in [-0.05, 0) is 69.4 Å². The molecule has 2 fully saturated rings. The van der Waals surface area contributed by atoms with Gasteiger partial charge in [0.15, 0.2) is 6.61 Å². The molecule has 3 rings (SSSR count). The Morgan fingerprint density at radius 1 is 0.873 bits per heavy atom. The zero-order valence-corrected chi connectivity index (χ0v) is 34.5. The first-order chi connectivity index (χ1) is 26.4. The molecule has 1 aromatic rings. The molecule has 314 valence electrons. The third kappa shape index (κ3) is 14.8. The molecule has 0 radical (unpaired) electrons. The van der Waals surface area contributed by atoms with Crippen LogP contribution >= 0.6 is 0 Å². The fourth-order valence-corrected chi connectivity index (χ4v) is 6.97. The molecule has 4 N–H and O–H groups in total. The highest BCUT2D eigenvalue weighted by molar-refractivity contribution is 5.97. The van der Waals surface area contributed by atoms with Crippen molar-refractivity contribution < 1.29 is 43.2 Å². The van der Waals surface area contributed by atoms with Gasteiger partial charge in [0.25, 0.3) is 11.8 Å². The molecule has 15 heteroatoms. The molecular formula is C40H70N6O9. The van der Waals surface area contributed by atoms with Gasteiger partial charge in [0.05, 0.1) is 44.7 Å². The Bertz CT molecular complexity index is 1290. The van der Waals surface area contributed by atoms with Crippen LogP contribution < -0.4 is 20.5 Å². The second-order valence-corrected chi connectivity index (χ2v) is 15.1. The number of hydrogen-bond acceptors (Lipinski definition) is 12. The summed E-state index contributed by atoms with van der Waals surface area (Å²) in [6.07, 6.45) is 1.35. The number of likely N-dealkylation sites (N-methyl/N-ethyl adjacent to an activating group) is 1. The van der Waals surface area contributed by atoms with Crippen LogP contribution in [-0.4, -0.2) is 154 Å². The first-order valence-electron chi connectivity index (χ1n) is 20.3. The van der Waals surface area contributed by atoms with E-state index in [0.717, 1.165) is 12.8 Å². The van der Waals surface area contributed by atoms with Crippen LogP contribution in [0.3, 0.4) is 0 Å². The third-order valence-electron chi connectivity index (χ3n) is 10.5. The van der Waals surface area contributed by atoms with Crippen molar-refractivity contribution in [3.05, 3.63) is 23.8 Å². The van der Waals surface area contributed by atoms with Gasteiger partial charge >= 0.3 is 0 Å². The van der Waals surface area contributed by atoms with Crippen LogP contribution in [0.2, 0.25) is 0 Å². The van der Waals surface area contributed by atoms with Gasteiger partial charge in [-0.3, -0.25) is 24.4 Å². The fraction of sp³-hybridized carbons (Fsp3) is 0.775. The van der Waals surface area contributed by atoms with Crippen molar-refractivity contribution in [3.63, 3.8) is 0 Å². The SMILES string of the molecule is CCN(C(=O)COc1ccc(C(=O)NCC(CC(N)C(O)CC(C(=O)N(CC)N2CCOCC2)C(C)C)C(C)C)c(OCCCCOC)c1)N1CCOCC1. The summed E-state index contributed by atoms with van der Waals surface area (Å²) in [4.78, 5) is 40.5. The summed E-state index contributed by atoms with van der Waals surface area (Å²) < 4.78 is 28.1. The van der Waals surface area contributed by atoms with Gasteiger partial charge < -0.3 is 39.8 Å². The Balaban J connectivity index is 1.64. The molecule has 15 nitrogen and oxygen atoms in total. The normalized spacial score (nSPS) is 17.7. The molecule has 0 aliphatic carbocycles. The summed E-state index contributed by atoms with van der Waals surface area (Å²) in [5.41, 5.74) is 6.98. The minimum atomic E-state index is -0.896. The van der Waals surface area contributed by atoms with Crippen LogP contribution in [0.5, 0.6) is 11.5 Å². The molecule has 0 aromatic heterocycles. The molecule has 2 saturated heterocycles. The largest absolute Gasteiger partial charge is 0.493 e. The predicted molar refractivity (Wildman–Crippen MR) is 210 cm³/mol. The first kappa shape index (κ1) is 46.3. The molecule has 0 bridgehead atoms. The molecule has 3 amide bonds. The molecule has 2 aliphatic rings. The standard InChI is InChI=1S/C40H70N6O9/c1-8-45(43-14-20-52-21-15-43)38(48)28-55-32-12-13-33(37(25-32)54-19-11-10-18-51-7)39(49)42-27-31(29(3)4)24-35(41)36(47)26-34(30(5)6)40(50)46(9-2)44-16-22-53-23-17-44/h12-13,25,29-31,34-36,47H,8-11,14-24,26-28,41H2,1-7H3,(H,42,49). The van der Waals surface area contributed by atoms with E-state index in [1.807, 2.05) is 37.7 Å². The number of aliphatic hydroxyl groups is 1. The number of hydrazine groups is 2. The zero-order chi connectivity index (χ0) is 40.3. The summed E-state index contributed by atoms with van der Waals surface area (Å²) in [6, 6.07) is 4.39. The van der Waals surface area contributed by atoms with Crippen LogP contribution in [0.15, 0.2) is 18.2 Å². The molecular weight excluding hydrogens is 708 g/mol. The van der Waals surface area contributed by atoms with Gasteiger partial charge in [-0.1, -0.05) is 27.7 Å². The molecule has 55 heavy (non-hydrogen) atoms. The average molecular weight is 779 g/mol. The van der Waals surface area contributed by atoms with Gasteiger partial charge in [-0.2, -0.15) is 0 Å². The summed E-state index contributed by atoms with van der Waals surface area (Å²) in [7, 11) is 1.65. The number of unbranched alkanes of at least 4 members (excludes halogenated alkanes) is 1. The molecule has 4 atom stereocenters. The molecule has 1 aromatic carbocycles. The van der Waals surface area contributed by atoms with E-state index < -0.39 is 18.1 Å². The van der Waals surface area contributed by atoms with E-state index in [4.69, 9.17) is 29.4 Å². The number of ether oxygens (including phenoxy) is 5. The van der Waals surface area contributed by atoms with Crippen LogP contribution in [0, 0.1) is 23.7 Å². The van der Waals surface area contributed by atoms with Crippen molar-refractivity contribution in [2.45, 2.75) is 79.4 Å². The maximum atomic E-state index is 13.7. The monoisotopic (exact) mass is 779 g/mol. The van der Waals surface area contributed by atoms with E-state index >= 15 is 0 Å². The van der Waals surface area contributed by atoms with Gasteiger partial charge in [-0.15, -0.1) is 0 Å². The summed E-state index contributed by atoms with van der Waals surface area (Å²) in [5.74, 6) is 0.0230. The van der Waals surface area contributed by atoms with Crippen LogP contribution in [0.4, 0.5) is 0 Å². The van der Waals surface area contributed by atoms with Crippen molar-refractivity contribution in [3.8, 4) is 11.5 Å². The lowest BCUT2D eigenvalue weighted by Gasteiger charge is -2.39. The number of benzene rings is 1. The molecule has 0 spiro atoms. The summed E-state index contributed by atoms with van der Waals surface area (Å²) >= 11 is 0. The van der Waals surface area contributed by atoms with E-state index in [9.17, 15) is 19.5 Å². The lowest BCUT2D eigenvalue weighted by Crippen LogP contribution is -2.54. The number of hydrogen-bond donors (Lipinski definition) is 3. The van der Waals surface area contributed by atoms with Crippen molar-refractivity contribution in [1.29, 1.82) is 0 Å². The average Bonchev–Trinajstić information content (AvgIpc) is 3.18. The van der Waals surface area contributed by atoms with Gasteiger partial charge in [0, 0.05) is 77.6 Å². The number of aliphatic hydroxyl groups excluding tert-OH is 1. The number of nitrogens with zero attached hydrogens (tertiary/aromatic N) is 4. The Hall–Kier alpha value is -3.05. The Labute approximate surface area is 329 Å². The minimum absolute atomic E-state index is 0.00557.